The van der Waals surface area contributed by atoms with Crippen LogP contribution in [0.1, 0.15) is 21.5 Å². The van der Waals surface area contributed by atoms with Gasteiger partial charge >= 0.3 is 0 Å². The van der Waals surface area contributed by atoms with E-state index < -0.39 is 23.4 Å². The molecule has 0 bridgehead atoms. The minimum Gasteiger partial charge on any atom is -0.507 e. The number of phenolic OH excluding ortho intramolecular Hbond substituents is 1. The Morgan fingerprint density at radius 1 is 1.39 bits per heavy atom. The van der Waals surface area contributed by atoms with E-state index in [0.717, 1.165) is 6.07 Å². The van der Waals surface area contributed by atoms with Crippen molar-refractivity contribution in [2.24, 2.45) is 5.73 Å². The van der Waals surface area contributed by atoms with Crippen molar-refractivity contribution in [2.45, 2.75) is 6.92 Å². The van der Waals surface area contributed by atoms with Gasteiger partial charge in [0.2, 0.25) is 0 Å². The number of aromatic hydroxyl groups is 1. The molecule has 0 radical (unpaired) electrons. The first-order valence-electron chi connectivity index (χ1n) is 6.53. The van der Waals surface area contributed by atoms with E-state index in [9.17, 15) is 19.6 Å². The smallest absolute Gasteiger partial charge is 0.262 e. The molecule has 2 rings (SSSR count). The molecule has 0 aromatic heterocycles. The normalized spacial score (nSPS) is 9.96. The molecule has 0 spiro atoms. The number of carbonyl (C=O) groups excluding carboxylic acids is 1. The van der Waals surface area contributed by atoms with Gasteiger partial charge < -0.3 is 10.8 Å². The second-order valence-corrected chi connectivity index (χ2v) is 4.80. The number of nitriles is 1. The Labute approximate surface area is 131 Å². The number of hydrogen-bond donors (Lipinski definition) is 4. The van der Waals surface area contributed by atoms with Crippen molar-refractivity contribution in [2.75, 3.05) is 0 Å². The van der Waals surface area contributed by atoms with Gasteiger partial charge in [0, 0.05) is 11.1 Å². The van der Waals surface area contributed by atoms with Crippen molar-refractivity contribution in [1.29, 1.82) is 10.7 Å². The van der Waals surface area contributed by atoms with Crippen molar-refractivity contribution in [3.8, 4) is 22.9 Å². The summed E-state index contributed by atoms with van der Waals surface area (Å²) in [6.45, 7) is 1.54. The summed E-state index contributed by atoms with van der Waals surface area (Å²) in [4.78, 5) is 12.2. The van der Waals surface area contributed by atoms with Gasteiger partial charge in [0.25, 0.3) is 5.91 Å². The zero-order chi connectivity index (χ0) is 17.1. The number of benzene rings is 2. The van der Waals surface area contributed by atoms with E-state index in [4.69, 9.17) is 11.1 Å². The van der Waals surface area contributed by atoms with E-state index in [2.05, 4.69) is 0 Å². The molecule has 2 aromatic carbocycles. The van der Waals surface area contributed by atoms with Gasteiger partial charge in [0.15, 0.2) is 5.96 Å². The van der Waals surface area contributed by atoms with Crippen LogP contribution in [-0.2, 0) is 0 Å². The molecule has 0 unspecified atom stereocenters. The number of halogens is 1. The van der Waals surface area contributed by atoms with E-state index in [-0.39, 0.29) is 22.3 Å². The van der Waals surface area contributed by atoms with Gasteiger partial charge in [-0.05, 0) is 24.6 Å². The molecule has 6 nitrogen and oxygen atoms in total. The number of nitrogens with zero attached hydrogens (tertiary/aromatic N) is 1. The van der Waals surface area contributed by atoms with E-state index in [1.165, 1.54) is 12.1 Å². The Bertz CT molecular complexity index is 856. The minimum atomic E-state index is -0.900. The lowest BCUT2D eigenvalue weighted by Crippen LogP contribution is -2.36. The Morgan fingerprint density at radius 3 is 2.70 bits per heavy atom. The molecule has 0 saturated carbocycles. The highest BCUT2D eigenvalue weighted by molar-refractivity contribution is 6.10. The van der Waals surface area contributed by atoms with E-state index in [0.29, 0.717) is 5.56 Å². The molecule has 0 atom stereocenters. The van der Waals surface area contributed by atoms with Crippen LogP contribution < -0.4 is 11.1 Å². The summed E-state index contributed by atoms with van der Waals surface area (Å²) in [5.74, 6) is -2.58. The number of aryl methyl sites for hydroxylation is 1. The molecular weight excluding hydrogens is 299 g/mol. The van der Waals surface area contributed by atoms with Crippen molar-refractivity contribution in [1.82, 2.24) is 5.32 Å². The molecule has 5 N–H and O–H groups in total. The number of nitrogens with two attached hydrogens (primary N) is 1. The van der Waals surface area contributed by atoms with Crippen LogP contribution in [0, 0.1) is 29.5 Å². The lowest BCUT2D eigenvalue weighted by Gasteiger charge is -2.14. The predicted molar refractivity (Wildman–Crippen MR) is 82.3 cm³/mol. The van der Waals surface area contributed by atoms with Crippen LogP contribution in [0.25, 0.3) is 11.1 Å². The molecule has 116 valence electrons. The highest BCUT2D eigenvalue weighted by Gasteiger charge is 2.23. The fourth-order valence-electron chi connectivity index (χ4n) is 2.22. The standard InChI is InChI=1S/C16H13FN4O2/c1-8-3-2-4-10(14(8)17)12-9(7-18)5-6-11(22)13(12)15(23)21-16(19)20/h2-6,22H,1H3,(H4,19,20,21,23). The first kappa shape index (κ1) is 16.0. The second-order valence-electron chi connectivity index (χ2n) is 4.80. The first-order valence-corrected chi connectivity index (χ1v) is 6.53. The van der Waals surface area contributed by atoms with Crippen LogP contribution >= 0.6 is 0 Å². The molecule has 0 fully saturated rings. The third kappa shape index (κ3) is 2.96. The third-order valence-electron chi connectivity index (χ3n) is 3.24. The fourth-order valence-corrected chi connectivity index (χ4v) is 2.22. The Morgan fingerprint density at radius 2 is 2.09 bits per heavy atom. The molecule has 1 amide bonds. The quantitative estimate of drug-likeness (QED) is 0.500. The summed E-state index contributed by atoms with van der Waals surface area (Å²) >= 11 is 0. The number of phenols is 1. The maximum atomic E-state index is 14.5. The Kier molecular flexibility index (Phi) is 4.27. The van der Waals surface area contributed by atoms with Crippen LogP contribution in [-0.4, -0.2) is 17.0 Å². The monoisotopic (exact) mass is 312 g/mol. The van der Waals surface area contributed by atoms with Crippen molar-refractivity contribution in [3.05, 3.63) is 52.8 Å². The SMILES string of the molecule is Cc1cccc(-c2c(C#N)ccc(O)c2C(=O)NC(=N)N)c1F. The topological polar surface area (TPSA) is 123 Å². The van der Waals surface area contributed by atoms with Crippen molar-refractivity contribution in [3.63, 3.8) is 0 Å². The van der Waals surface area contributed by atoms with E-state index >= 15 is 0 Å². The first-order chi connectivity index (χ1) is 10.9. The van der Waals surface area contributed by atoms with Crippen molar-refractivity contribution >= 4 is 11.9 Å². The highest BCUT2D eigenvalue weighted by Crippen LogP contribution is 2.35. The largest absolute Gasteiger partial charge is 0.507 e. The van der Waals surface area contributed by atoms with Gasteiger partial charge in [-0.2, -0.15) is 5.26 Å². The van der Waals surface area contributed by atoms with Crippen LogP contribution in [0.3, 0.4) is 0 Å². The van der Waals surface area contributed by atoms with Gasteiger partial charge in [-0.1, -0.05) is 18.2 Å². The molecule has 23 heavy (non-hydrogen) atoms. The van der Waals surface area contributed by atoms with Crippen LogP contribution in [0.5, 0.6) is 5.75 Å². The highest BCUT2D eigenvalue weighted by atomic mass is 19.1. The summed E-state index contributed by atoms with van der Waals surface area (Å²) in [6.07, 6.45) is 0. The molecular formula is C16H13FN4O2. The van der Waals surface area contributed by atoms with Crippen molar-refractivity contribution < 1.29 is 14.3 Å². The average Bonchev–Trinajstić information content (AvgIpc) is 2.49. The van der Waals surface area contributed by atoms with Gasteiger partial charge in [0.1, 0.15) is 11.6 Å². The second kappa shape index (κ2) is 6.15. The number of nitrogens with one attached hydrogen (secondary N) is 2. The minimum absolute atomic E-state index is 0.00570. The number of rotatable bonds is 2. The summed E-state index contributed by atoms with van der Waals surface area (Å²) in [5.41, 5.74) is 5.11. The van der Waals surface area contributed by atoms with Gasteiger partial charge in [0.05, 0.1) is 17.2 Å². The zero-order valence-electron chi connectivity index (χ0n) is 12.1. The molecule has 0 aliphatic carbocycles. The average molecular weight is 312 g/mol. The molecule has 0 saturated heterocycles. The van der Waals surface area contributed by atoms with Gasteiger partial charge in [-0.3, -0.25) is 15.5 Å². The number of guanidine groups is 1. The Balaban J connectivity index is 2.83. The number of amides is 1. The van der Waals surface area contributed by atoms with E-state index in [1.54, 1.807) is 19.1 Å². The van der Waals surface area contributed by atoms with E-state index in [1.807, 2.05) is 11.4 Å². The number of hydrogen-bond acceptors (Lipinski definition) is 4. The lowest BCUT2D eigenvalue weighted by molar-refractivity contribution is 0.0974. The lowest BCUT2D eigenvalue weighted by atomic mass is 9.92. The maximum Gasteiger partial charge on any atom is 0.262 e. The van der Waals surface area contributed by atoms with Gasteiger partial charge in [-0.25, -0.2) is 4.39 Å². The van der Waals surface area contributed by atoms with Gasteiger partial charge in [-0.15, -0.1) is 0 Å². The molecule has 0 heterocycles. The molecule has 0 aliphatic heterocycles. The predicted octanol–water partition coefficient (Wildman–Crippen LogP) is 2.00. The summed E-state index contributed by atoms with van der Waals surface area (Å²) < 4.78 is 14.5. The molecule has 0 aliphatic rings. The van der Waals surface area contributed by atoms with Crippen LogP contribution in [0.15, 0.2) is 30.3 Å². The van der Waals surface area contributed by atoms with Crippen LogP contribution in [0.4, 0.5) is 4.39 Å². The fraction of sp³-hybridized carbons (Fsp3) is 0.0625. The maximum absolute atomic E-state index is 14.5. The molecule has 2 aromatic rings. The third-order valence-corrected chi connectivity index (χ3v) is 3.24. The van der Waals surface area contributed by atoms with Crippen LogP contribution in [0.2, 0.25) is 0 Å². The summed E-state index contributed by atoms with van der Waals surface area (Å²) in [6, 6.07) is 8.84. The zero-order valence-corrected chi connectivity index (χ0v) is 12.1. The summed E-state index contributed by atoms with van der Waals surface area (Å²) in [5, 5.41) is 28.4. The number of carbonyl (C=O) groups is 1. The Hall–Kier alpha value is -3.40. The summed E-state index contributed by atoms with van der Waals surface area (Å²) in [7, 11) is 0. The molecule has 7 heteroatoms.